The molecule has 0 spiro atoms. The minimum absolute atomic E-state index is 0.254. The van der Waals surface area contributed by atoms with Gasteiger partial charge in [0.15, 0.2) is 6.61 Å². The minimum atomic E-state index is -3.69. The van der Waals surface area contributed by atoms with Crippen LogP contribution in [0.1, 0.15) is 36.4 Å². The van der Waals surface area contributed by atoms with Crippen molar-refractivity contribution in [3.05, 3.63) is 65.2 Å². The van der Waals surface area contributed by atoms with Crippen LogP contribution in [0.15, 0.2) is 48.5 Å². The number of rotatable bonds is 6. The number of carbonyl (C=O) groups is 1. The molecule has 0 bridgehead atoms. The van der Waals surface area contributed by atoms with Crippen molar-refractivity contribution in [1.82, 2.24) is 0 Å². The lowest BCUT2D eigenvalue weighted by molar-refractivity contribution is -0.149. The molecule has 0 radical (unpaired) electrons. The van der Waals surface area contributed by atoms with Crippen LogP contribution in [0.25, 0.3) is 0 Å². The summed E-state index contributed by atoms with van der Waals surface area (Å²) in [6.45, 7) is 8.01. The fourth-order valence-corrected chi connectivity index (χ4v) is 5.04. The van der Waals surface area contributed by atoms with E-state index in [9.17, 15) is 9.36 Å². The third-order valence-electron chi connectivity index (χ3n) is 4.79. The summed E-state index contributed by atoms with van der Waals surface area (Å²) in [5.41, 5.74) is 2.31. The van der Waals surface area contributed by atoms with Crippen LogP contribution < -0.4 is 4.74 Å². The van der Waals surface area contributed by atoms with Crippen LogP contribution in [-0.2, 0) is 23.1 Å². The average Bonchev–Trinajstić information content (AvgIpc) is 2.70. The first kappa shape index (κ1) is 21.6. The van der Waals surface area contributed by atoms with E-state index in [1.807, 2.05) is 45.9 Å². The Bertz CT molecular complexity index is 895. The Labute approximate surface area is 171 Å². The predicted molar refractivity (Wildman–Crippen MR) is 110 cm³/mol. The Morgan fingerprint density at radius 2 is 1.72 bits per heavy atom. The predicted octanol–water partition coefficient (Wildman–Crippen LogP) is 5.19. The van der Waals surface area contributed by atoms with Gasteiger partial charge in [-0.25, -0.2) is 4.79 Å². The molecule has 1 aliphatic heterocycles. The largest absolute Gasteiger partial charge is 0.482 e. The van der Waals surface area contributed by atoms with Crippen molar-refractivity contribution in [2.45, 2.75) is 33.5 Å². The summed E-state index contributed by atoms with van der Waals surface area (Å²) in [7, 11) is -3.69. The number of hydrogen-bond acceptors (Lipinski definition) is 6. The van der Waals surface area contributed by atoms with Gasteiger partial charge in [0.25, 0.3) is 0 Å². The molecule has 1 saturated heterocycles. The summed E-state index contributed by atoms with van der Waals surface area (Å²) in [6, 6.07) is 14.5. The number of hydrogen-bond donors (Lipinski definition) is 0. The molecular formula is C22H27O6P. The normalized spacial score (nSPS) is 18.6. The molecule has 0 amide bonds. The third kappa shape index (κ3) is 5.27. The maximum absolute atomic E-state index is 13.4. The highest BCUT2D eigenvalue weighted by Crippen LogP contribution is 2.64. The molecule has 1 atom stereocenters. The van der Waals surface area contributed by atoms with E-state index >= 15 is 0 Å². The van der Waals surface area contributed by atoms with E-state index in [1.54, 1.807) is 30.3 Å². The molecule has 2 aromatic carbocycles. The van der Waals surface area contributed by atoms with E-state index in [0.29, 0.717) is 11.3 Å². The molecule has 3 rings (SSSR count). The smallest absolute Gasteiger partial charge is 0.375 e. The van der Waals surface area contributed by atoms with E-state index in [0.717, 1.165) is 11.1 Å². The number of esters is 1. The molecule has 0 aromatic heterocycles. The summed E-state index contributed by atoms with van der Waals surface area (Å²) in [5.74, 6) is -1.18. The van der Waals surface area contributed by atoms with Crippen molar-refractivity contribution in [2.75, 3.05) is 19.8 Å². The lowest BCUT2D eigenvalue weighted by atomic mass is 9.97. The fourth-order valence-electron chi connectivity index (χ4n) is 2.85. The van der Waals surface area contributed by atoms with Crippen molar-refractivity contribution in [3.8, 4) is 5.75 Å². The summed E-state index contributed by atoms with van der Waals surface area (Å²) in [6.07, 6.45) is 0. The van der Waals surface area contributed by atoms with Gasteiger partial charge in [0.2, 0.25) is 5.85 Å². The quantitative estimate of drug-likeness (QED) is 0.475. The van der Waals surface area contributed by atoms with Gasteiger partial charge in [-0.1, -0.05) is 56.3 Å². The first-order valence-electron chi connectivity index (χ1n) is 9.52. The van der Waals surface area contributed by atoms with Gasteiger partial charge in [-0.2, -0.15) is 0 Å². The molecule has 0 N–H and O–H groups in total. The van der Waals surface area contributed by atoms with Gasteiger partial charge in [0.1, 0.15) is 5.75 Å². The second-order valence-electron chi connectivity index (χ2n) is 7.99. The van der Waals surface area contributed by atoms with E-state index in [-0.39, 0.29) is 25.2 Å². The lowest BCUT2D eigenvalue weighted by Gasteiger charge is -2.36. The van der Waals surface area contributed by atoms with Crippen LogP contribution in [0.5, 0.6) is 5.75 Å². The zero-order valence-electron chi connectivity index (χ0n) is 17.2. The minimum Gasteiger partial charge on any atom is -0.482 e. The summed E-state index contributed by atoms with van der Waals surface area (Å²) < 4.78 is 35.8. The van der Waals surface area contributed by atoms with Crippen molar-refractivity contribution < 1.29 is 27.9 Å². The SMILES string of the molecule is Cc1cccc(OCC(=O)OC(c2ccccc2)P2(=O)OCC(C)(C)CO2)c1C. The third-order valence-corrected chi connectivity index (χ3v) is 6.74. The monoisotopic (exact) mass is 418 g/mol. The molecule has 2 aromatic rings. The van der Waals surface area contributed by atoms with Crippen LogP contribution in [0, 0.1) is 19.3 Å². The van der Waals surface area contributed by atoms with Crippen LogP contribution in [-0.4, -0.2) is 25.8 Å². The first-order chi connectivity index (χ1) is 13.7. The first-order valence-corrected chi connectivity index (χ1v) is 11.1. The zero-order valence-corrected chi connectivity index (χ0v) is 18.1. The summed E-state index contributed by atoms with van der Waals surface area (Å²) in [4.78, 5) is 12.5. The van der Waals surface area contributed by atoms with Crippen molar-refractivity contribution in [3.63, 3.8) is 0 Å². The Kier molecular flexibility index (Phi) is 6.47. The zero-order chi connectivity index (χ0) is 21.1. The lowest BCUT2D eigenvalue weighted by Crippen LogP contribution is -2.31. The van der Waals surface area contributed by atoms with Crippen LogP contribution in [0.2, 0.25) is 0 Å². The summed E-state index contributed by atoms with van der Waals surface area (Å²) >= 11 is 0. The molecule has 156 valence electrons. The van der Waals surface area contributed by atoms with Crippen molar-refractivity contribution in [1.29, 1.82) is 0 Å². The molecule has 1 fully saturated rings. The molecule has 7 heteroatoms. The Hall–Kier alpha value is -2.14. The van der Waals surface area contributed by atoms with E-state index in [2.05, 4.69) is 0 Å². The highest BCUT2D eigenvalue weighted by atomic mass is 31.2. The molecule has 1 heterocycles. The van der Waals surface area contributed by atoms with Crippen LogP contribution in [0.3, 0.4) is 0 Å². The number of carbonyl (C=O) groups excluding carboxylic acids is 1. The Balaban J connectivity index is 1.74. The average molecular weight is 418 g/mol. The van der Waals surface area contributed by atoms with E-state index in [1.165, 1.54) is 0 Å². The van der Waals surface area contributed by atoms with Crippen molar-refractivity contribution >= 4 is 13.6 Å². The standard InChI is InChI=1S/C22H27O6P/c1-16-9-8-12-19(17(16)2)25-13-20(23)28-21(18-10-6-5-7-11-18)29(24)26-14-22(3,4)15-27-29/h5-12,21H,13-15H2,1-4H3. The van der Waals surface area contributed by atoms with Gasteiger partial charge >= 0.3 is 13.6 Å². The highest BCUT2D eigenvalue weighted by molar-refractivity contribution is 7.54. The molecule has 1 unspecified atom stereocenters. The number of ether oxygens (including phenoxy) is 2. The fraction of sp³-hybridized carbons (Fsp3) is 0.409. The summed E-state index contributed by atoms with van der Waals surface area (Å²) in [5, 5.41) is 0. The molecule has 0 saturated carbocycles. The van der Waals surface area contributed by atoms with E-state index < -0.39 is 19.4 Å². The van der Waals surface area contributed by atoms with Gasteiger partial charge in [-0.05, 0) is 31.0 Å². The molecule has 0 aliphatic carbocycles. The molecule has 6 nitrogen and oxygen atoms in total. The maximum Gasteiger partial charge on any atom is 0.375 e. The van der Waals surface area contributed by atoms with Gasteiger partial charge in [-0.3, -0.25) is 4.57 Å². The number of aryl methyl sites for hydroxylation is 1. The molecule has 29 heavy (non-hydrogen) atoms. The Morgan fingerprint density at radius 3 is 2.38 bits per heavy atom. The topological polar surface area (TPSA) is 71.1 Å². The van der Waals surface area contributed by atoms with Gasteiger partial charge in [-0.15, -0.1) is 0 Å². The molecule has 1 aliphatic rings. The second-order valence-corrected chi connectivity index (χ2v) is 10.1. The highest BCUT2D eigenvalue weighted by Gasteiger charge is 2.46. The maximum atomic E-state index is 13.4. The molecular weight excluding hydrogens is 391 g/mol. The van der Waals surface area contributed by atoms with E-state index in [4.69, 9.17) is 18.5 Å². The van der Waals surface area contributed by atoms with Crippen LogP contribution >= 0.6 is 7.60 Å². The Morgan fingerprint density at radius 1 is 1.07 bits per heavy atom. The van der Waals surface area contributed by atoms with Crippen molar-refractivity contribution in [2.24, 2.45) is 5.41 Å². The van der Waals surface area contributed by atoms with Crippen LogP contribution in [0.4, 0.5) is 0 Å². The van der Waals surface area contributed by atoms with Gasteiger partial charge in [0.05, 0.1) is 13.2 Å². The van der Waals surface area contributed by atoms with Gasteiger partial charge < -0.3 is 18.5 Å². The number of benzene rings is 2. The second kappa shape index (κ2) is 8.70. The van der Waals surface area contributed by atoms with Gasteiger partial charge in [0, 0.05) is 11.0 Å².